The van der Waals surface area contributed by atoms with Crippen LogP contribution >= 0.6 is 22.9 Å². The third-order valence-electron chi connectivity index (χ3n) is 14.9. The molecule has 1 aliphatic heterocycles. The molecule has 1 saturated carbocycles. The molecule has 0 bridgehead atoms. The SMILES string of the molecule is CCC(C)(CC)[C@H](NC(=O)COCC(F)(F)C(F)(F)C(F)(F)COc1ccc(C(=O)N[C@H]2C(C)(C)[C@H](Oc3ccc(C#N)c(Cl)c3)C2(C)C)cc1)C(=O)N1C[C@H](O)C[C@H]1C(=O)NC(C)c1ccc(-c2scnc2C)cc1. The quantitative estimate of drug-likeness (QED) is 0.0551. The van der Waals surface area contributed by atoms with Gasteiger partial charge in [0.15, 0.2) is 6.61 Å². The molecule has 1 aromatic heterocycles. The van der Waals surface area contributed by atoms with Crippen LogP contribution in [0.25, 0.3) is 10.4 Å². The van der Waals surface area contributed by atoms with Crippen LogP contribution in [0.1, 0.15) is 108 Å². The first-order valence-corrected chi connectivity index (χ1v) is 25.9. The molecule has 412 valence electrons. The van der Waals surface area contributed by atoms with Crippen LogP contribution in [0.4, 0.5) is 26.3 Å². The number of β-amino-alcohol motifs (C(OH)–C–C–N with tert-alkyl or cyclic N) is 1. The van der Waals surface area contributed by atoms with E-state index in [1.807, 2.05) is 65.0 Å². The maximum absolute atomic E-state index is 15.0. The number of ether oxygens (including phenoxy) is 3. The van der Waals surface area contributed by atoms with Gasteiger partial charge in [0.2, 0.25) is 17.7 Å². The minimum atomic E-state index is -6.07. The Morgan fingerprint density at radius 2 is 1.53 bits per heavy atom. The van der Waals surface area contributed by atoms with Gasteiger partial charge in [0.1, 0.15) is 49.0 Å². The Labute approximate surface area is 446 Å². The van der Waals surface area contributed by atoms with E-state index in [0.717, 1.165) is 38.7 Å². The Morgan fingerprint density at radius 3 is 2.09 bits per heavy atom. The molecule has 0 radical (unpaired) electrons. The minimum absolute atomic E-state index is 0.0462. The van der Waals surface area contributed by atoms with Gasteiger partial charge in [-0.3, -0.25) is 19.2 Å². The van der Waals surface area contributed by atoms with Gasteiger partial charge in [-0.2, -0.15) is 31.6 Å². The van der Waals surface area contributed by atoms with E-state index in [9.17, 15) is 29.5 Å². The van der Waals surface area contributed by atoms with Crippen LogP contribution in [0.2, 0.25) is 5.02 Å². The van der Waals surface area contributed by atoms with Gasteiger partial charge in [-0.15, -0.1) is 11.3 Å². The summed E-state index contributed by atoms with van der Waals surface area (Å²) in [5, 5.41) is 28.3. The highest BCUT2D eigenvalue weighted by atomic mass is 35.5. The van der Waals surface area contributed by atoms with Crippen molar-refractivity contribution in [3.05, 3.63) is 99.6 Å². The molecule has 0 spiro atoms. The number of nitrogens with zero attached hydrogens (tertiary/aromatic N) is 3. The van der Waals surface area contributed by atoms with E-state index < -0.39 is 120 Å². The number of rotatable bonds is 22. The van der Waals surface area contributed by atoms with Crippen LogP contribution in [0.15, 0.2) is 72.2 Å². The van der Waals surface area contributed by atoms with Gasteiger partial charge in [-0.1, -0.05) is 84.3 Å². The number of aromatic nitrogens is 1. The first-order chi connectivity index (χ1) is 35.4. The number of halogens is 7. The molecule has 2 heterocycles. The van der Waals surface area contributed by atoms with Crippen LogP contribution < -0.4 is 25.4 Å². The van der Waals surface area contributed by atoms with E-state index in [0.29, 0.717) is 5.75 Å². The van der Waals surface area contributed by atoms with Gasteiger partial charge in [0, 0.05) is 41.5 Å². The predicted octanol–water partition coefficient (Wildman–Crippen LogP) is 9.71. The van der Waals surface area contributed by atoms with Crippen LogP contribution in [0.3, 0.4) is 0 Å². The van der Waals surface area contributed by atoms with Gasteiger partial charge >= 0.3 is 17.8 Å². The number of hydrogen-bond donors (Lipinski definition) is 4. The van der Waals surface area contributed by atoms with Crippen molar-refractivity contribution in [2.75, 3.05) is 26.4 Å². The lowest BCUT2D eigenvalue weighted by Gasteiger charge is -2.63. The largest absolute Gasteiger partial charge is 0.489 e. The number of likely N-dealkylation sites (tertiary alicyclic amines) is 1. The Kier molecular flexibility index (Phi) is 17.9. The van der Waals surface area contributed by atoms with E-state index in [1.165, 1.54) is 35.6 Å². The third-order valence-corrected chi connectivity index (χ3v) is 16.2. The fourth-order valence-electron chi connectivity index (χ4n) is 10.2. The van der Waals surface area contributed by atoms with Gasteiger partial charge in [-0.05, 0) is 79.6 Å². The molecule has 2 aliphatic rings. The smallest absolute Gasteiger partial charge is 0.377 e. The summed E-state index contributed by atoms with van der Waals surface area (Å²) in [6.07, 6.45) is -1.11. The molecule has 4 atom stereocenters. The number of aliphatic hydroxyl groups is 1. The Bertz CT molecular complexity index is 2770. The average Bonchev–Trinajstić information content (AvgIpc) is 4.01. The zero-order valence-electron chi connectivity index (χ0n) is 43.5. The van der Waals surface area contributed by atoms with Crippen LogP contribution in [-0.4, -0.2) is 113 Å². The molecule has 1 unspecified atom stereocenters. The molecular formula is C54H63ClF6N6O8S. The fraction of sp³-hybridized carbons (Fsp3) is 0.519. The molecule has 4 amide bonds. The zero-order valence-corrected chi connectivity index (χ0v) is 45.1. The third kappa shape index (κ3) is 12.2. The van der Waals surface area contributed by atoms with E-state index in [4.69, 9.17) is 21.1 Å². The molecule has 6 rings (SSSR count). The fourth-order valence-corrected chi connectivity index (χ4v) is 11.2. The minimum Gasteiger partial charge on any atom is -0.489 e. The van der Waals surface area contributed by atoms with Crippen LogP contribution in [0.5, 0.6) is 11.5 Å². The molecule has 14 nitrogen and oxygen atoms in total. The van der Waals surface area contributed by atoms with E-state index in [1.54, 1.807) is 39.3 Å². The van der Waals surface area contributed by atoms with Crippen LogP contribution in [-0.2, 0) is 19.1 Å². The van der Waals surface area contributed by atoms with Crippen molar-refractivity contribution < 1.29 is 64.8 Å². The van der Waals surface area contributed by atoms with Crippen molar-refractivity contribution in [3.8, 4) is 28.0 Å². The monoisotopic (exact) mass is 1100 g/mol. The molecule has 22 heteroatoms. The van der Waals surface area contributed by atoms with Gasteiger partial charge < -0.3 is 40.2 Å². The number of carbonyl (C=O) groups excluding carboxylic acids is 4. The Morgan fingerprint density at radius 1 is 0.921 bits per heavy atom. The van der Waals surface area contributed by atoms with E-state index >= 15 is 26.3 Å². The number of carbonyl (C=O) groups is 4. The second-order valence-corrected chi connectivity index (χ2v) is 22.2. The lowest BCUT2D eigenvalue weighted by Crippen LogP contribution is -2.74. The van der Waals surface area contributed by atoms with E-state index in [-0.39, 0.29) is 42.0 Å². The molecule has 1 aliphatic carbocycles. The molecule has 4 N–H and O–H groups in total. The number of hydrogen-bond acceptors (Lipinski definition) is 11. The molecule has 1 saturated heterocycles. The first-order valence-electron chi connectivity index (χ1n) is 24.6. The normalized spacial score (nSPS) is 20.1. The summed E-state index contributed by atoms with van der Waals surface area (Å²) in [6.45, 7) is 10.1. The summed E-state index contributed by atoms with van der Waals surface area (Å²) in [5.41, 5.74) is 2.37. The lowest BCUT2D eigenvalue weighted by atomic mass is 9.49. The summed E-state index contributed by atoms with van der Waals surface area (Å²) in [6, 6.07) is 15.0. The number of aryl methyl sites for hydroxylation is 1. The molecular weight excluding hydrogens is 1040 g/mol. The Balaban J connectivity index is 1.01. The summed E-state index contributed by atoms with van der Waals surface area (Å²) in [7, 11) is 0. The van der Waals surface area contributed by atoms with Crippen LogP contribution in [0, 0.1) is 34.5 Å². The number of aliphatic hydroxyl groups excluding tert-OH is 1. The predicted molar refractivity (Wildman–Crippen MR) is 273 cm³/mol. The molecule has 3 aromatic carbocycles. The number of benzene rings is 3. The van der Waals surface area contributed by atoms with Crippen molar-refractivity contribution in [3.63, 3.8) is 0 Å². The number of nitrogens with one attached hydrogen (secondary N) is 3. The van der Waals surface area contributed by atoms with Crippen molar-refractivity contribution in [1.82, 2.24) is 25.8 Å². The molecule has 2 fully saturated rings. The van der Waals surface area contributed by atoms with Gasteiger partial charge in [0.25, 0.3) is 5.91 Å². The van der Waals surface area contributed by atoms with Crippen molar-refractivity contribution >= 4 is 46.6 Å². The van der Waals surface area contributed by atoms with Crippen molar-refractivity contribution in [1.29, 1.82) is 5.26 Å². The summed E-state index contributed by atoms with van der Waals surface area (Å²) >= 11 is 7.67. The summed E-state index contributed by atoms with van der Waals surface area (Å²) < 4.78 is 106. The highest BCUT2D eigenvalue weighted by Gasteiger charge is 2.72. The molecule has 4 aromatic rings. The van der Waals surface area contributed by atoms with E-state index in [2.05, 4.69) is 25.7 Å². The first kappa shape index (κ1) is 59.3. The average molecular weight is 1110 g/mol. The zero-order chi connectivity index (χ0) is 56.3. The number of amides is 4. The highest BCUT2D eigenvalue weighted by molar-refractivity contribution is 7.13. The van der Waals surface area contributed by atoms with Crippen molar-refractivity contribution in [2.45, 2.75) is 136 Å². The summed E-state index contributed by atoms with van der Waals surface area (Å²) in [4.78, 5) is 61.1. The number of nitriles is 1. The maximum Gasteiger partial charge on any atom is 0.377 e. The van der Waals surface area contributed by atoms with Gasteiger partial charge in [0.05, 0.1) is 38.8 Å². The van der Waals surface area contributed by atoms with Gasteiger partial charge in [-0.25, -0.2) is 4.98 Å². The Hall–Kier alpha value is -5.95. The standard InChI is InChI=1S/C54H63ClF6N6O8S/c1-10-51(9,11-2)43(46(72)67-25-36(68)22-40(67)45(71)64-30(3)32-12-14-33(15-13-32)42-31(4)63-29-76-42)65-41(69)26-73-27-52(56,57)54(60,61)53(58,59)28-74-37-19-16-34(17-20-37)44(70)66-47-49(5,6)48(50(47,7)8)75-38-21-18-35(24-62)39(55)23-38/h12-21,23,29-30,36,40,43,47-48,68H,10-11,22,25-28H2,1-9H3,(H,64,71)(H,65,69)(H,66,70)/t30?,36-,40+,43-,47-,48-/m1/s1. The number of thiazole rings is 1. The topological polar surface area (TPSA) is 192 Å². The number of alkyl halides is 6. The maximum atomic E-state index is 15.0. The van der Waals surface area contributed by atoms with Crippen molar-refractivity contribution in [2.24, 2.45) is 16.2 Å². The second-order valence-electron chi connectivity index (χ2n) is 21.0. The lowest BCUT2D eigenvalue weighted by molar-refractivity contribution is -0.324. The second kappa shape index (κ2) is 22.9. The molecule has 76 heavy (non-hydrogen) atoms. The summed E-state index contributed by atoms with van der Waals surface area (Å²) in [5.74, 6) is -20.3. The highest BCUT2D eigenvalue weighted by Crippen LogP contribution is 2.56.